The molecular weight excluding hydrogens is 288 g/mol. The number of nitrogens with zero attached hydrogens (tertiary/aromatic N) is 1. The molecule has 3 aliphatic rings. The van der Waals surface area contributed by atoms with Gasteiger partial charge in [-0.25, -0.2) is 10.9 Å². The SMILES string of the molecule is CN(C(=O)C1CC(c2ccccc2)NN1)C1CC2CCC(C1)N2. The molecule has 4 rings (SSSR count). The zero-order valence-electron chi connectivity index (χ0n) is 13.7. The lowest BCUT2D eigenvalue weighted by Gasteiger charge is -2.36. The summed E-state index contributed by atoms with van der Waals surface area (Å²) in [6, 6.07) is 12.0. The number of rotatable bonds is 3. The van der Waals surface area contributed by atoms with Crippen molar-refractivity contribution in [2.24, 2.45) is 0 Å². The normalized spacial score (nSPS) is 36.1. The van der Waals surface area contributed by atoms with E-state index in [0.717, 1.165) is 19.3 Å². The van der Waals surface area contributed by atoms with Gasteiger partial charge in [0.1, 0.15) is 6.04 Å². The van der Waals surface area contributed by atoms with Crippen LogP contribution in [0.5, 0.6) is 0 Å². The van der Waals surface area contributed by atoms with Crippen LogP contribution in [0.2, 0.25) is 0 Å². The molecule has 3 heterocycles. The minimum atomic E-state index is -0.127. The van der Waals surface area contributed by atoms with Gasteiger partial charge in [-0.15, -0.1) is 0 Å². The summed E-state index contributed by atoms with van der Waals surface area (Å²) in [5.74, 6) is 0.224. The number of nitrogens with one attached hydrogen (secondary N) is 3. The molecule has 3 saturated heterocycles. The molecule has 23 heavy (non-hydrogen) atoms. The van der Waals surface area contributed by atoms with Crippen molar-refractivity contribution in [3.63, 3.8) is 0 Å². The first-order valence-corrected chi connectivity index (χ1v) is 8.79. The first-order valence-electron chi connectivity index (χ1n) is 8.79. The first-order chi connectivity index (χ1) is 11.2. The third-order valence-electron chi connectivity index (χ3n) is 5.75. The molecule has 2 bridgehead atoms. The predicted molar refractivity (Wildman–Crippen MR) is 89.6 cm³/mol. The van der Waals surface area contributed by atoms with Gasteiger partial charge in [0.15, 0.2) is 0 Å². The Bertz CT molecular complexity index is 551. The zero-order chi connectivity index (χ0) is 15.8. The lowest BCUT2D eigenvalue weighted by Crippen LogP contribution is -2.53. The largest absolute Gasteiger partial charge is 0.341 e. The summed E-state index contributed by atoms with van der Waals surface area (Å²) in [4.78, 5) is 14.9. The van der Waals surface area contributed by atoms with Crippen molar-refractivity contribution >= 4 is 5.91 Å². The number of hydrazine groups is 1. The van der Waals surface area contributed by atoms with Gasteiger partial charge in [0.25, 0.3) is 0 Å². The molecule has 3 aliphatic heterocycles. The highest BCUT2D eigenvalue weighted by Gasteiger charge is 2.39. The molecule has 0 radical (unpaired) electrons. The molecule has 0 aromatic heterocycles. The topological polar surface area (TPSA) is 56.4 Å². The van der Waals surface area contributed by atoms with Crippen molar-refractivity contribution < 1.29 is 4.79 Å². The number of hydrogen-bond acceptors (Lipinski definition) is 4. The standard InChI is InChI=1S/C18H26N4O/c1-22(15-9-13-7-8-14(10-15)19-13)18(23)17-11-16(20-21-17)12-5-3-2-4-6-12/h2-6,13-17,19-21H,7-11H2,1H3. The molecular formula is C18H26N4O. The maximum atomic E-state index is 12.9. The molecule has 3 N–H and O–H groups in total. The molecule has 0 spiro atoms. The van der Waals surface area contributed by atoms with Crippen molar-refractivity contribution in [2.75, 3.05) is 7.05 Å². The lowest BCUT2D eigenvalue weighted by atomic mass is 9.97. The number of amides is 1. The van der Waals surface area contributed by atoms with Gasteiger partial charge < -0.3 is 10.2 Å². The Morgan fingerprint density at radius 1 is 1.04 bits per heavy atom. The number of benzene rings is 1. The average Bonchev–Trinajstić information content (AvgIpc) is 3.21. The van der Waals surface area contributed by atoms with E-state index in [1.54, 1.807) is 0 Å². The Balaban J connectivity index is 1.38. The average molecular weight is 314 g/mol. The Kier molecular flexibility index (Phi) is 4.09. The highest BCUT2D eigenvalue weighted by Crippen LogP contribution is 2.30. The van der Waals surface area contributed by atoms with E-state index in [0.29, 0.717) is 18.1 Å². The second-order valence-corrected chi connectivity index (χ2v) is 7.25. The maximum Gasteiger partial charge on any atom is 0.241 e. The molecule has 1 aromatic rings. The van der Waals surface area contributed by atoms with E-state index in [4.69, 9.17) is 0 Å². The van der Waals surface area contributed by atoms with Crippen LogP contribution in [0.4, 0.5) is 0 Å². The first kappa shape index (κ1) is 15.1. The zero-order valence-corrected chi connectivity index (χ0v) is 13.7. The van der Waals surface area contributed by atoms with Crippen LogP contribution in [-0.2, 0) is 4.79 Å². The van der Waals surface area contributed by atoms with Gasteiger partial charge in [0.05, 0.1) is 0 Å². The number of likely N-dealkylation sites (N-methyl/N-ethyl adjacent to an activating group) is 1. The van der Waals surface area contributed by atoms with Crippen molar-refractivity contribution in [1.82, 2.24) is 21.1 Å². The highest BCUT2D eigenvalue weighted by atomic mass is 16.2. The highest BCUT2D eigenvalue weighted by molar-refractivity contribution is 5.82. The van der Waals surface area contributed by atoms with Crippen LogP contribution in [0, 0.1) is 0 Å². The summed E-state index contributed by atoms with van der Waals surface area (Å²) in [5.41, 5.74) is 7.72. The van der Waals surface area contributed by atoms with Crippen LogP contribution in [0.3, 0.4) is 0 Å². The molecule has 1 amide bonds. The van der Waals surface area contributed by atoms with Crippen molar-refractivity contribution in [1.29, 1.82) is 0 Å². The minimum Gasteiger partial charge on any atom is -0.341 e. The van der Waals surface area contributed by atoms with Gasteiger partial charge in [-0.1, -0.05) is 30.3 Å². The van der Waals surface area contributed by atoms with E-state index in [1.807, 2.05) is 30.1 Å². The second kappa shape index (κ2) is 6.23. The van der Waals surface area contributed by atoms with E-state index in [9.17, 15) is 4.79 Å². The van der Waals surface area contributed by atoms with Gasteiger partial charge >= 0.3 is 0 Å². The molecule has 5 nitrogen and oxygen atoms in total. The van der Waals surface area contributed by atoms with Crippen LogP contribution < -0.4 is 16.2 Å². The van der Waals surface area contributed by atoms with Crippen molar-refractivity contribution in [2.45, 2.75) is 62.3 Å². The van der Waals surface area contributed by atoms with Gasteiger partial charge in [0, 0.05) is 31.2 Å². The number of carbonyl (C=O) groups excluding carboxylic acids is 1. The monoisotopic (exact) mass is 314 g/mol. The number of fused-ring (bicyclic) bond motifs is 2. The van der Waals surface area contributed by atoms with Crippen LogP contribution >= 0.6 is 0 Å². The van der Waals surface area contributed by atoms with E-state index in [2.05, 4.69) is 28.3 Å². The molecule has 4 unspecified atom stereocenters. The van der Waals surface area contributed by atoms with Crippen molar-refractivity contribution in [3.05, 3.63) is 35.9 Å². The van der Waals surface area contributed by atoms with Gasteiger partial charge in [-0.3, -0.25) is 4.79 Å². The van der Waals surface area contributed by atoms with E-state index in [-0.39, 0.29) is 18.0 Å². The van der Waals surface area contributed by atoms with Gasteiger partial charge in [-0.2, -0.15) is 0 Å². The van der Waals surface area contributed by atoms with E-state index in [1.165, 1.54) is 18.4 Å². The Hall–Kier alpha value is -1.43. The van der Waals surface area contributed by atoms with Gasteiger partial charge in [-0.05, 0) is 37.7 Å². The van der Waals surface area contributed by atoms with Crippen LogP contribution in [0.1, 0.15) is 43.7 Å². The summed E-state index contributed by atoms with van der Waals surface area (Å²) in [6.45, 7) is 0. The molecule has 5 heteroatoms. The summed E-state index contributed by atoms with van der Waals surface area (Å²) in [6.07, 6.45) is 5.54. The van der Waals surface area contributed by atoms with E-state index < -0.39 is 0 Å². The Morgan fingerprint density at radius 3 is 2.43 bits per heavy atom. The smallest absolute Gasteiger partial charge is 0.241 e. The summed E-state index contributed by atoms with van der Waals surface area (Å²) in [5, 5.41) is 3.65. The summed E-state index contributed by atoms with van der Waals surface area (Å²) in [7, 11) is 1.98. The van der Waals surface area contributed by atoms with Crippen LogP contribution in [0.25, 0.3) is 0 Å². The molecule has 4 atom stereocenters. The fourth-order valence-electron chi connectivity index (χ4n) is 4.39. The van der Waals surface area contributed by atoms with E-state index >= 15 is 0 Å². The third kappa shape index (κ3) is 3.01. The molecule has 0 aliphatic carbocycles. The molecule has 1 aromatic carbocycles. The summed E-state index contributed by atoms with van der Waals surface area (Å²) >= 11 is 0. The second-order valence-electron chi connectivity index (χ2n) is 7.25. The van der Waals surface area contributed by atoms with Gasteiger partial charge in [0.2, 0.25) is 5.91 Å². The van der Waals surface area contributed by atoms with Crippen LogP contribution in [0.15, 0.2) is 30.3 Å². The Labute approximate surface area is 137 Å². The van der Waals surface area contributed by atoms with Crippen LogP contribution in [-0.4, -0.2) is 42.0 Å². The predicted octanol–water partition coefficient (Wildman–Crippen LogP) is 1.34. The number of piperidine rings is 1. The maximum absolute atomic E-state index is 12.9. The lowest BCUT2D eigenvalue weighted by molar-refractivity contribution is -0.134. The molecule has 3 fully saturated rings. The molecule has 124 valence electrons. The minimum absolute atomic E-state index is 0.127. The third-order valence-corrected chi connectivity index (χ3v) is 5.75. The fraction of sp³-hybridized carbons (Fsp3) is 0.611. The quantitative estimate of drug-likeness (QED) is 0.788. The Morgan fingerprint density at radius 2 is 1.74 bits per heavy atom. The number of carbonyl (C=O) groups is 1. The number of hydrogen-bond donors (Lipinski definition) is 3. The summed E-state index contributed by atoms with van der Waals surface area (Å²) < 4.78 is 0. The fourth-order valence-corrected chi connectivity index (χ4v) is 4.39. The molecule has 0 saturated carbocycles. The van der Waals surface area contributed by atoms with Crippen molar-refractivity contribution in [3.8, 4) is 0 Å².